The van der Waals surface area contributed by atoms with Crippen LogP contribution in [0.25, 0.3) is 11.1 Å². The zero-order chi connectivity index (χ0) is 34.3. The molecule has 9 heteroatoms. The van der Waals surface area contributed by atoms with Gasteiger partial charge in [0.15, 0.2) is 18.5 Å². The first-order valence-corrected chi connectivity index (χ1v) is 17.7. The number of benzene rings is 2. The normalized spacial score (nSPS) is 22.8. The molecule has 2 unspecified atom stereocenters. The number of carboxylic acid groups (broad SMARTS) is 1. The molecule has 0 aromatic heterocycles. The largest absolute Gasteiger partial charge is 0.490 e. The van der Waals surface area contributed by atoms with Crippen LogP contribution in [0.1, 0.15) is 103 Å². The van der Waals surface area contributed by atoms with Crippen molar-refractivity contribution in [1.29, 1.82) is 0 Å². The van der Waals surface area contributed by atoms with Crippen molar-refractivity contribution in [3.05, 3.63) is 66.7 Å². The van der Waals surface area contributed by atoms with Crippen molar-refractivity contribution in [1.82, 2.24) is 0 Å². The third-order valence-electron chi connectivity index (χ3n) is 9.43. The van der Waals surface area contributed by atoms with Gasteiger partial charge in [0.05, 0.1) is 13.2 Å². The van der Waals surface area contributed by atoms with Crippen LogP contribution in [-0.4, -0.2) is 54.5 Å². The molecule has 4 rings (SSSR count). The molecule has 2 fully saturated rings. The highest BCUT2D eigenvalue weighted by Gasteiger charge is 2.46. The van der Waals surface area contributed by atoms with Crippen LogP contribution in [0.15, 0.2) is 61.2 Å². The number of carbonyl (C=O) groups excluding carboxylic acids is 2. The molecule has 1 saturated carbocycles. The van der Waals surface area contributed by atoms with E-state index in [2.05, 4.69) is 13.5 Å². The van der Waals surface area contributed by atoms with Crippen molar-refractivity contribution >= 4 is 17.9 Å². The van der Waals surface area contributed by atoms with Crippen LogP contribution in [0.3, 0.4) is 0 Å². The summed E-state index contributed by atoms with van der Waals surface area (Å²) in [5.41, 5.74) is 2.63. The van der Waals surface area contributed by atoms with E-state index in [4.69, 9.17) is 23.7 Å². The summed E-state index contributed by atoms with van der Waals surface area (Å²) >= 11 is 0. The molecule has 1 heterocycles. The van der Waals surface area contributed by atoms with Gasteiger partial charge in [0.25, 0.3) is 0 Å². The molecule has 0 amide bonds. The van der Waals surface area contributed by atoms with Crippen molar-refractivity contribution in [3.8, 4) is 16.9 Å². The predicted octanol–water partition coefficient (Wildman–Crippen LogP) is 8.21. The minimum atomic E-state index is -1.43. The third kappa shape index (κ3) is 10.9. The Balaban J connectivity index is 1.22. The Labute approximate surface area is 284 Å². The molecule has 1 aliphatic carbocycles. The fourth-order valence-corrected chi connectivity index (χ4v) is 6.58. The summed E-state index contributed by atoms with van der Waals surface area (Å²) in [7, 11) is 0. The van der Waals surface area contributed by atoms with Crippen LogP contribution in [0.2, 0.25) is 0 Å². The molecule has 262 valence electrons. The maximum absolute atomic E-state index is 12.4. The second-order valence-electron chi connectivity index (χ2n) is 12.9. The molecule has 4 atom stereocenters. The second kappa shape index (κ2) is 19.3. The summed E-state index contributed by atoms with van der Waals surface area (Å²) in [4.78, 5) is 35.3. The van der Waals surface area contributed by atoms with Gasteiger partial charge in [0.1, 0.15) is 11.9 Å². The lowest BCUT2D eigenvalue weighted by Crippen LogP contribution is -2.38. The Kier molecular flexibility index (Phi) is 15.0. The SMILES string of the molecule is C=CC(=O)OCCCCCCC1CCC(C(CC)Oc2ccc(-c3ccc(C4O[C@@H](C(=O)O)[C@H](C(=O)OCCCC)O4)cc3)cc2)CC1. The molecule has 0 spiro atoms. The maximum atomic E-state index is 12.4. The van der Waals surface area contributed by atoms with E-state index in [0.717, 1.165) is 48.5 Å². The number of carboxylic acids is 1. The fourth-order valence-electron chi connectivity index (χ4n) is 6.58. The molecule has 9 nitrogen and oxygen atoms in total. The fraction of sp³-hybridized carbons (Fsp3) is 0.564. The van der Waals surface area contributed by atoms with E-state index in [1.807, 2.05) is 55.5 Å². The molecule has 2 aliphatic rings. The van der Waals surface area contributed by atoms with Crippen LogP contribution in [0.4, 0.5) is 0 Å². The smallest absolute Gasteiger partial charge is 0.338 e. The van der Waals surface area contributed by atoms with Gasteiger partial charge in [-0.3, -0.25) is 0 Å². The monoisotopic (exact) mass is 664 g/mol. The average molecular weight is 665 g/mol. The summed E-state index contributed by atoms with van der Waals surface area (Å²) in [5, 5.41) is 9.58. The van der Waals surface area contributed by atoms with Crippen molar-refractivity contribution in [2.75, 3.05) is 13.2 Å². The van der Waals surface area contributed by atoms with Gasteiger partial charge < -0.3 is 28.8 Å². The first-order chi connectivity index (χ1) is 23.3. The molecular formula is C39H52O9. The molecule has 1 N–H and O–H groups in total. The molecule has 2 aromatic carbocycles. The Morgan fingerprint density at radius 1 is 0.833 bits per heavy atom. The predicted molar refractivity (Wildman–Crippen MR) is 182 cm³/mol. The summed E-state index contributed by atoms with van der Waals surface area (Å²) in [6.45, 7) is 8.29. The van der Waals surface area contributed by atoms with Gasteiger partial charge in [-0.2, -0.15) is 0 Å². The standard InChI is InChI=1S/C39H52O9/c1-4-7-25-45-38(43)36-35(37(41)42)47-39(48-36)31-19-17-28(18-20-31)29-21-23-32(24-22-29)46-33(5-2)30-15-13-27(14-16-30)12-10-8-9-11-26-44-34(40)6-3/h6,17-24,27,30,33,35-36,39H,3-5,7-16,25-26H2,1-2H3,(H,41,42)/t27?,30?,33?,35-,36-,39?/m1/s1. The lowest BCUT2D eigenvalue weighted by molar-refractivity contribution is -0.161. The van der Waals surface area contributed by atoms with E-state index in [9.17, 15) is 19.5 Å². The lowest BCUT2D eigenvalue weighted by Gasteiger charge is -2.33. The Bertz CT molecular complexity index is 1300. The van der Waals surface area contributed by atoms with Gasteiger partial charge >= 0.3 is 17.9 Å². The molecule has 1 aliphatic heterocycles. The number of hydrogen-bond acceptors (Lipinski definition) is 8. The molecule has 1 saturated heterocycles. The van der Waals surface area contributed by atoms with E-state index >= 15 is 0 Å². The van der Waals surface area contributed by atoms with E-state index < -0.39 is 30.4 Å². The van der Waals surface area contributed by atoms with Crippen LogP contribution < -0.4 is 4.74 Å². The van der Waals surface area contributed by atoms with Gasteiger partial charge in [-0.15, -0.1) is 0 Å². The van der Waals surface area contributed by atoms with Crippen molar-refractivity contribution in [3.63, 3.8) is 0 Å². The quantitative estimate of drug-likeness (QED) is 0.0901. The first kappa shape index (κ1) is 37.1. The Hall–Kier alpha value is -3.69. The zero-order valence-electron chi connectivity index (χ0n) is 28.5. The zero-order valence-corrected chi connectivity index (χ0v) is 28.5. The van der Waals surface area contributed by atoms with Gasteiger partial charge in [0.2, 0.25) is 0 Å². The molecule has 0 radical (unpaired) electrons. The number of hydrogen-bond donors (Lipinski definition) is 1. The van der Waals surface area contributed by atoms with E-state index in [-0.39, 0.29) is 18.7 Å². The van der Waals surface area contributed by atoms with E-state index in [0.29, 0.717) is 24.5 Å². The summed E-state index contributed by atoms with van der Waals surface area (Å²) in [6.07, 6.45) is 10.8. The third-order valence-corrected chi connectivity index (χ3v) is 9.43. The summed E-state index contributed by atoms with van der Waals surface area (Å²) in [6, 6.07) is 15.6. The van der Waals surface area contributed by atoms with Crippen LogP contribution in [-0.2, 0) is 33.3 Å². The van der Waals surface area contributed by atoms with E-state index in [1.54, 1.807) is 0 Å². The van der Waals surface area contributed by atoms with Crippen LogP contribution >= 0.6 is 0 Å². The number of ether oxygens (including phenoxy) is 5. The number of aliphatic carboxylic acids is 1. The van der Waals surface area contributed by atoms with Gasteiger partial charge in [0, 0.05) is 11.6 Å². The highest BCUT2D eigenvalue weighted by molar-refractivity contribution is 5.85. The molecular weight excluding hydrogens is 612 g/mol. The Morgan fingerprint density at radius 2 is 1.46 bits per heavy atom. The number of rotatable bonds is 19. The van der Waals surface area contributed by atoms with Crippen LogP contribution in [0.5, 0.6) is 5.75 Å². The maximum Gasteiger partial charge on any atom is 0.338 e. The topological polar surface area (TPSA) is 118 Å². The van der Waals surface area contributed by atoms with Gasteiger partial charge in [-0.05, 0) is 67.2 Å². The molecule has 2 aromatic rings. The van der Waals surface area contributed by atoms with Gasteiger partial charge in [-0.1, -0.05) is 102 Å². The van der Waals surface area contributed by atoms with Crippen molar-refractivity contribution < 1.29 is 43.2 Å². The molecule has 0 bridgehead atoms. The summed E-state index contributed by atoms with van der Waals surface area (Å²) in [5.74, 6) is -0.102. The minimum Gasteiger partial charge on any atom is -0.490 e. The lowest BCUT2D eigenvalue weighted by atomic mass is 9.77. The molecule has 48 heavy (non-hydrogen) atoms. The summed E-state index contributed by atoms with van der Waals surface area (Å²) < 4.78 is 28.1. The van der Waals surface area contributed by atoms with Gasteiger partial charge in [-0.25, -0.2) is 14.4 Å². The van der Waals surface area contributed by atoms with Crippen molar-refractivity contribution in [2.45, 2.75) is 115 Å². The second-order valence-corrected chi connectivity index (χ2v) is 12.9. The highest BCUT2D eigenvalue weighted by atomic mass is 16.7. The van der Waals surface area contributed by atoms with Crippen molar-refractivity contribution in [2.24, 2.45) is 11.8 Å². The number of carbonyl (C=O) groups is 3. The minimum absolute atomic E-state index is 0.197. The first-order valence-electron chi connectivity index (χ1n) is 17.7. The van der Waals surface area contributed by atoms with E-state index in [1.165, 1.54) is 51.0 Å². The number of esters is 2. The average Bonchev–Trinajstić information content (AvgIpc) is 3.57. The van der Waals surface area contributed by atoms with Crippen LogP contribution in [0, 0.1) is 11.8 Å². The Morgan fingerprint density at radius 3 is 2.08 bits per heavy atom. The number of unbranched alkanes of at least 4 members (excludes halogenated alkanes) is 4. The highest BCUT2D eigenvalue weighted by Crippen LogP contribution is 2.37.